The fraction of sp³-hybridized carbons (Fsp3) is 0.182. The van der Waals surface area contributed by atoms with Crippen LogP contribution in [0.15, 0.2) is 58.3 Å². The van der Waals surface area contributed by atoms with E-state index in [0.717, 1.165) is 28.1 Å². The molecule has 7 nitrogen and oxygen atoms in total. The minimum absolute atomic E-state index is 0.0580. The third kappa shape index (κ3) is 2.42. The average Bonchev–Trinajstić information content (AvgIpc) is 3.27. The lowest BCUT2D eigenvalue weighted by molar-refractivity contribution is 0.279. The molecule has 0 amide bonds. The van der Waals surface area contributed by atoms with E-state index in [1.54, 1.807) is 36.0 Å². The van der Waals surface area contributed by atoms with Gasteiger partial charge in [0.2, 0.25) is 9.84 Å². The zero-order chi connectivity index (χ0) is 21.0. The number of allylic oxidation sites excluding steroid dienone is 1. The Morgan fingerprint density at radius 1 is 1.20 bits per heavy atom. The van der Waals surface area contributed by atoms with Crippen molar-refractivity contribution in [2.75, 3.05) is 6.61 Å². The Kier molecular flexibility index (Phi) is 3.98. The third-order valence-corrected chi connectivity index (χ3v) is 7.34. The number of benzene rings is 2. The molecular formula is C22H17N3O4S. The Balaban J connectivity index is 1.74. The number of aromatic nitrogens is 2. The van der Waals surface area contributed by atoms with Crippen LogP contribution in [-0.4, -0.2) is 29.9 Å². The van der Waals surface area contributed by atoms with Crippen molar-refractivity contribution >= 4 is 15.6 Å². The predicted molar refractivity (Wildman–Crippen MR) is 109 cm³/mol. The molecule has 8 heteroatoms. The van der Waals surface area contributed by atoms with Gasteiger partial charge in [0, 0.05) is 29.7 Å². The van der Waals surface area contributed by atoms with Crippen molar-refractivity contribution in [1.82, 2.24) is 9.78 Å². The molecule has 5 rings (SSSR count). The normalized spacial score (nSPS) is 17.4. The Bertz CT molecular complexity index is 1370. The molecule has 0 bridgehead atoms. The van der Waals surface area contributed by atoms with Gasteiger partial charge in [-0.1, -0.05) is 30.3 Å². The van der Waals surface area contributed by atoms with Gasteiger partial charge in [-0.15, -0.1) is 0 Å². The molecule has 2 aliphatic rings. The minimum Gasteiger partial charge on any atom is -0.504 e. The van der Waals surface area contributed by atoms with Crippen LogP contribution in [0.25, 0.3) is 17.0 Å². The minimum atomic E-state index is -4.20. The summed E-state index contributed by atoms with van der Waals surface area (Å²) in [7, 11) is -2.46. The smallest absolute Gasteiger partial charge is 0.220 e. The Morgan fingerprint density at radius 3 is 2.70 bits per heavy atom. The fourth-order valence-corrected chi connectivity index (χ4v) is 5.61. The number of rotatable bonds is 3. The first-order chi connectivity index (χ1) is 14.4. The maximum atomic E-state index is 13.0. The molecule has 1 unspecified atom stereocenters. The van der Waals surface area contributed by atoms with Crippen molar-refractivity contribution in [3.8, 4) is 23.1 Å². The van der Waals surface area contributed by atoms with Crippen LogP contribution in [0.3, 0.4) is 0 Å². The van der Waals surface area contributed by atoms with E-state index in [9.17, 15) is 18.8 Å². The second kappa shape index (κ2) is 6.47. The van der Waals surface area contributed by atoms with Gasteiger partial charge >= 0.3 is 0 Å². The number of aliphatic hydroxyl groups excluding tert-OH is 1. The topological polar surface area (TPSA) is 105 Å². The molecule has 3 aromatic rings. The molecule has 2 aromatic carbocycles. The molecule has 0 saturated carbocycles. The molecule has 150 valence electrons. The average molecular weight is 419 g/mol. The second-order valence-electron chi connectivity index (χ2n) is 7.25. The van der Waals surface area contributed by atoms with Crippen LogP contribution in [-0.2, 0) is 16.9 Å². The number of nitriles is 1. The van der Waals surface area contributed by atoms with Crippen LogP contribution in [0.4, 0.5) is 0 Å². The van der Waals surface area contributed by atoms with E-state index in [1.807, 2.05) is 18.2 Å². The van der Waals surface area contributed by atoms with Crippen LogP contribution in [0.1, 0.15) is 29.2 Å². The van der Waals surface area contributed by atoms with E-state index < -0.39 is 20.5 Å². The van der Waals surface area contributed by atoms with Crippen molar-refractivity contribution in [3.05, 3.63) is 70.3 Å². The number of hydrogen-bond donors (Lipinski definition) is 1. The molecule has 1 atom stereocenters. The van der Waals surface area contributed by atoms with Crippen molar-refractivity contribution < 1.29 is 18.3 Å². The first-order valence-corrected chi connectivity index (χ1v) is 10.9. The molecule has 0 radical (unpaired) electrons. The SMILES string of the molecule is Cn1nc(C(O)=C(C#N)S(=O)(=O)c2ccccc2)c2c1-c1cccc3c1C2CCO3. The van der Waals surface area contributed by atoms with Crippen molar-refractivity contribution in [1.29, 1.82) is 5.26 Å². The number of hydrogen-bond acceptors (Lipinski definition) is 6. The van der Waals surface area contributed by atoms with E-state index in [4.69, 9.17) is 4.74 Å². The maximum Gasteiger partial charge on any atom is 0.220 e. The van der Waals surface area contributed by atoms with Gasteiger partial charge < -0.3 is 9.84 Å². The van der Waals surface area contributed by atoms with Crippen molar-refractivity contribution in [2.24, 2.45) is 7.05 Å². The summed E-state index contributed by atoms with van der Waals surface area (Å²) in [5.74, 6) is 0.0796. The first-order valence-electron chi connectivity index (χ1n) is 9.42. The standard InChI is InChI=1S/C22H17N3O4S/c1-25-21-15-8-5-9-16-18(15)14(10-11-29-16)19(21)20(24-25)22(26)17(12-23)30(27,28)13-6-3-2-4-7-13/h2-9,14,26H,10-11H2,1H3. The summed E-state index contributed by atoms with van der Waals surface area (Å²) in [5, 5.41) is 25.1. The Labute approximate surface area is 173 Å². The summed E-state index contributed by atoms with van der Waals surface area (Å²) in [6.45, 7) is 0.507. The highest BCUT2D eigenvalue weighted by molar-refractivity contribution is 7.95. The third-order valence-electron chi connectivity index (χ3n) is 5.63. The summed E-state index contributed by atoms with van der Waals surface area (Å²) in [5.41, 5.74) is 3.63. The number of aliphatic hydroxyl groups is 1. The van der Waals surface area contributed by atoms with Gasteiger partial charge in [0.25, 0.3) is 0 Å². The summed E-state index contributed by atoms with van der Waals surface area (Å²) in [4.78, 5) is -0.768. The summed E-state index contributed by atoms with van der Waals surface area (Å²) >= 11 is 0. The lowest BCUT2D eigenvalue weighted by Gasteiger charge is -2.23. The predicted octanol–water partition coefficient (Wildman–Crippen LogP) is 3.54. The van der Waals surface area contributed by atoms with Crippen LogP contribution >= 0.6 is 0 Å². The van der Waals surface area contributed by atoms with Crippen molar-refractivity contribution in [2.45, 2.75) is 17.2 Å². The molecule has 1 N–H and O–H groups in total. The number of ether oxygens (including phenoxy) is 1. The van der Waals surface area contributed by atoms with Crippen LogP contribution in [0, 0.1) is 11.3 Å². The van der Waals surface area contributed by atoms with E-state index in [0.29, 0.717) is 13.0 Å². The lowest BCUT2D eigenvalue weighted by atomic mass is 9.90. The highest BCUT2D eigenvalue weighted by atomic mass is 32.2. The summed E-state index contributed by atoms with van der Waals surface area (Å²) in [6.07, 6.45) is 0.677. The highest BCUT2D eigenvalue weighted by Crippen LogP contribution is 2.54. The Morgan fingerprint density at radius 2 is 1.97 bits per heavy atom. The van der Waals surface area contributed by atoms with Gasteiger partial charge in [0.05, 0.1) is 17.2 Å². The number of fused-ring (bicyclic) bond motifs is 3. The quantitative estimate of drug-likeness (QED) is 0.514. The van der Waals surface area contributed by atoms with Crippen LogP contribution < -0.4 is 4.74 Å². The lowest BCUT2D eigenvalue weighted by Crippen LogP contribution is -2.14. The monoisotopic (exact) mass is 419 g/mol. The molecule has 30 heavy (non-hydrogen) atoms. The van der Waals surface area contributed by atoms with E-state index >= 15 is 0 Å². The van der Waals surface area contributed by atoms with Gasteiger partial charge in [0.1, 0.15) is 17.5 Å². The summed E-state index contributed by atoms with van der Waals surface area (Å²) < 4.78 is 33.5. The summed E-state index contributed by atoms with van der Waals surface area (Å²) in [6, 6.07) is 15.0. The fourth-order valence-electron chi connectivity index (χ4n) is 4.39. The van der Waals surface area contributed by atoms with E-state index in [2.05, 4.69) is 5.10 Å². The molecule has 1 aliphatic heterocycles. The van der Waals surface area contributed by atoms with Gasteiger partial charge in [-0.05, 0) is 24.6 Å². The van der Waals surface area contributed by atoms with Gasteiger partial charge in [-0.3, -0.25) is 4.68 Å². The Hall–Kier alpha value is -3.57. The molecule has 1 aliphatic carbocycles. The zero-order valence-electron chi connectivity index (χ0n) is 16.0. The molecule has 2 heterocycles. The molecule has 1 aromatic heterocycles. The van der Waals surface area contributed by atoms with Gasteiger partial charge in [0.15, 0.2) is 10.7 Å². The highest BCUT2D eigenvalue weighted by Gasteiger charge is 2.41. The van der Waals surface area contributed by atoms with Crippen LogP contribution in [0.5, 0.6) is 5.75 Å². The molecular weight excluding hydrogens is 402 g/mol. The van der Waals surface area contributed by atoms with Gasteiger partial charge in [-0.2, -0.15) is 10.4 Å². The maximum absolute atomic E-state index is 13.0. The first kappa shape index (κ1) is 18.5. The number of sulfone groups is 1. The molecule has 0 fully saturated rings. The largest absolute Gasteiger partial charge is 0.504 e. The number of aryl methyl sites for hydroxylation is 1. The van der Waals surface area contributed by atoms with E-state index in [-0.39, 0.29) is 16.5 Å². The molecule has 0 spiro atoms. The number of nitrogens with zero attached hydrogens (tertiary/aromatic N) is 3. The van der Waals surface area contributed by atoms with Crippen molar-refractivity contribution in [3.63, 3.8) is 0 Å². The van der Waals surface area contributed by atoms with Crippen LogP contribution in [0.2, 0.25) is 0 Å². The van der Waals surface area contributed by atoms with E-state index in [1.165, 1.54) is 12.1 Å². The second-order valence-corrected chi connectivity index (χ2v) is 9.13. The molecule has 0 saturated heterocycles. The zero-order valence-corrected chi connectivity index (χ0v) is 16.8. The van der Waals surface area contributed by atoms with Gasteiger partial charge in [-0.25, -0.2) is 8.42 Å².